The van der Waals surface area contributed by atoms with Crippen molar-refractivity contribution in [3.8, 4) is 11.5 Å². The second kappa shape index (κ2) is 30.1. The molecule has 404 valence electrons. The molecular weight excluding hydrogens is 969 g/mol. The number of piperidine rings is 2. The van der Waals surface area contributed by atoms with Gasteiger partial charge in [0.25, 0.3) is 6.47 Å². The molecule has 2 aromatic heterocycles. The molecule has 0 unspecified atom stereocenters. The number of sulfonamides is 2. The summed E-state index contributed by atoms with van der Waals surface area (Å²) in [6.07, 6.45) is 15.1. The van der Waals surface area contributed by atoms with Crippen LogP contribution in [0.5, 0.6) is 11.5 Å². The number of amides is 1. The first kappa shape index (κ1) is 60.2. The van der Waals surface area contributed by atoms with E-state index in [0.717, 1.165) is 44.9 Å². The minimum absolute atomic E-state index is 0.124. The third-order valence-electron chi connectivity index (χ3n) is 13.6. The molecule has 6 rings (SSSR count). The van der Waals surface area contributed by atoms with E-state index in [1.54, 1.807) is 80.3 Å². The van der Waals surface area contributed by atoms with Crippen LogP contribution in [0.2, 0.25) is 0 Å². The number of aromatic nitrogens is 2. The summed E-state index contributed by atoms with van der Waals surface area (Å²) < 4.78 is 69.4. The van der Waals surface area contributed by atoms with Crippen LogP contribution < -0.4 is 24.6 Å². The van der Waals surface area contributed by atoms with E-state index in [0.29, 0.717) is 108 Å². The molecule has 4 aromatic rings. The molecule has 19 heteroatoms. The highest BCUT2D eigenvalue weighted by atomic mass is 32.2. The molecular formula is C54H82N8O9S2. The second-order valence-electron chi connectivity index (χ2n) is 19.1. The number of benzene rings is 2. The Balaban J connectivity index is 0.000000264. The van der Waals surface area contributed by atoms with E-state index >= 15 is 0 Å². The van der Waals surface area contributed by atoms with Crippen LogP contribution in [0.4, 0.5) is 11.4 Å². The number of aryl methyl sites for hydroxylation is 4. The number of pyridine rings is 2. The first-order chi connectivity index (χ1) is 34.9. The van der Waals surface area contributed by atoms with E-state index in [4.69, 9.17) is 9.47 Å². The molecule has 2 aliphatic rings. The average molecular weight is 1050 g/mol. The van der Waals surface area contributed by atoms with Gasteiger partial charge in [-0.25, -0.2) is 25.4 Å². The van der Waals surface area contributed by atoms with Crippen molar-refractivity contribution in [3.63, 3.8) is 0 Å². The Hall–Kier alpha value is -5.34. The number of nitrogens with zero attached hydrogens (tertiary/aromatic N) is 7. The molecule has 73 heavy (non-hydrogen) atoms. The minimum atomic E-state index is -3.61. The zero-order valence-corrected chi connectivity index (χ0v) is 46.6. The van der Waals surface area contributed by atoms with E-state index in [2.05, 4.69) is 42.0 Å². The highest BCUT2D eigenvalue weighted by Crippen LogP contribution is 2.30. The maximum absolute atomic E-state index is 13.1. The van der Waals surface area contributed by atoms with Crippen LogP contribution in [0.3, 0.4) is 0 Å². The Morgan fingerprint density at radius 3 is 1.44 bits per heavy atom. The fourth-order valence-electron chi connectivity index (χ4n) is 9.45. The fraction of sp³-hybridized carbons (Fsp3) is 0.556. The van der Waals surface area contributed by atoms with E-state index in [-0.39, 0.29) is 5.91 Å². The quantitative estimate of drug-likeness (QED) is 0.0578. The van der Waals surface area contributed by atoms with Gasteiger partial charge >= 0.3 is 0 Å². The number of carbonyl (C=O) groups excluding carboxylic acids is 2. The number of rotatable bonds is 23. The van der Waals surface area contributed by atoms with Gasteiger partial charge in [0.05, 0.1) is 30.6 Å². The molecule has 2 aliphatic heterocycles. The summed E-state index contributed by atoms with van der Waals surface area (Å²) in [7, 11) is 3.03. The van der Waals surface area contributed by atoms with Crippen LogP contribution in [0.15, 0.2) is 83.1 Å². The highest BCUT2D eigenvalue weighted by Gasteiger charge is 2.28. The van der Waals surface area contributed by atoms with Gasteiger partial charge in [0.15, 0.2) is 0 Å². The molecule has 0 spiro atoms. The molecule has 2 saturated heterocycles. The first-order valence-electron chi connectivity index (χ1n) is 25.3. The number of nitrogens with one attached hydrogen (secondary N) is 1. The predicted molar refractivity (Wildman–Crippen MR) is 290 cm³/mol. The van der Waals surface area contributed by atoms with Gasteiger partial charge in [-0.05, 0) is 175 Å². The van der Waals surface area contributed by atoms with Crippen molar-refractivity contribution in [2.24, 2.45) is 11.8 Å². The standard InChI is InChI=1S/C27H40N4O4S.C15H23NO5S.C12H19N3/c1-21-18-25(35-5)19-22(2)27(21)36(33,34)30(4)15-7-6-8-26(32)29(3)20-23-11-16-31(17-12-23)24-9-13-28-14-10-24;1-12-9-14(20-4)10-13(2)15(12)22(18,19)16(3)7-5-6-8-21-11-17;1-13-10-11-4-8-15(9-5-11)12-2-6-14-7-3-12/h9-10,13-14,18-19,23H,6-8,11-12,15-17,20H2,1-5H3;9-11H,5-8H2,1-4H3;2-3,6-7,11,13H,4-5,8-10H2,1H3. The maximum Gasteiger partial charge on any atom is 0.293 e. The van der Waals surface area contributed by atoms with Crippen molar-refractivity contribution < 1.29 is 40.6 Å². The summed E-state index contributed by atoms with van der Waals surface area (Å²) in [4.78, 5) is 38.2. The predicted octanol–water partition coefficient (Wildman–Crippen LogP) is 7.28. The maximum atomic E-state index is 13.1. The Labute approximate surface area is 436 Å². The molecule has 0 aliphatic carbocycles. The third kappa shape index (κ3) is 18.2. The Morgan fingerprint density at radius 2 is 1.05 bits per heavy atom. The summed E-state index contributed by atoms with van der Waals surface area (Å²) >= 11 is 0. The number of hydrogen-bond acceptors (Lipinski definition) is 14. The highest BCUT2D eigenvalue weighted by molar-refractivity contribution is 7.89. The number of anilines is 2. The average Bonchev–Trinajstić information content (AvgIpc) is 3.38. The molecule has 0 bridgehead atoms. The first-order valence-corrected chi connectivity index (χ1v) is 28.2. The molecule has 0 atom stereocenters. The number of carbonyl (C=O) groups is 2. The van der Waals surface area contributed by atoms with Gasteiger partial charge in [-0.15, -0.1) is 0 Å². The van der Waals surface area contributed by atoms with Crippen molar-refractivity contribution in [1.29, 1.82) is 0 Å². The van der Waals surface area contributed by atoms with E-state index < -0.39 is 20.0 Å². The zero-order valence-electron chi connectivity index (χ0n) is 45.0. The lowest BCUT2D eigenvalue weighted by atomic mass is 9.96. The van der Waals surface area contributed by atoms with E-state index in [1.165, 1.54) is 45.9 Å². The monoisotopic (exact) mass is 1050 g/mol. The van der Waals surface area contributed by atoms with E-state index in [1.807, 2.05) is 55.9 Å². The summed E-state index contributed by atoms with van der Waals surface area (Å²) in [6.45, 7) is 14.8. The smallest absolute Gasteiger partial charge is 0.293 e. The Bertz CT molecular complexity index is 2480. The zero-order chi connectivity index (χ0) is 53.6. The second-order valence-corrected chi connectivity index (χ2v) is 23.0. The Kier molecular flexibility index (Phi) is 24.9. The number of unbranched alkanes of at least 4 members (excludes halogenated alkanes) is 2. The summed E-state index contributed by atoms with van der Waals surface area (Å²) in [6, 6.07) is 15.2. The molecule has 4 heterocycles. The summed E-state index contributed by atoms with van der Waals surface area (Å²) in [5.74, 6) is 2.77. The Morgan fingerprint density at radius 1 is 0.658 bits per heavy atom. The van der Waals surface area contributed by atoms with Gasteiger partial charge in [0, 0.05) is 110 Å². The van der Waals surface area contributed by atoms with Crippen LogP contribution in [0, 0.1) is 39.5 Å². The number of ether oxygens (including phenoxy) is 3. The van der Waals surface area contributed by atoms with Gasteiger partial charge in [0.1, 0.15) is 11.5 Å². The van der Waals surface area contributed by atoms with E-state index in [9.17, 15) is 26.4 Å². The lowest BCUT2D eigenvalue weighted by molar-refractivity contribution is -0.131. The molecule has 0 saturated carbocycles. The van der Waals surface area contributed by atoms with Crippen LogP contribution in [0.25, 0.3) is 0 Å². The molecule has 2 fully saturated rings. The van der Waals surface area contributed by atoms with Gasteiger partial charge < -0.3 is 34.2 Å². The minimum Gasteiger partial charge on any atom is -0.497 e. The SMILES string of the molecule is CNCC1CCN(c2ccncc2)CC1.COc1cc(C)c(S(=O)(=O)N(C)CCCCC(=O)N(C)CC2CCN(c3ccncc3)CC2)c(C)c1.COc1cc(C)c(S(=O)(=O)N(C)CCCCOC=O)c(C)c1. The van der Waals surface area contributed by atoms with Crippen molar-refractivity contribution in [2.75, 3.05) is 111 Å². The molecule has 1 N–H and O–H groups in total. The van der Waals surface area contributed by atoms with Crippen molar-refractivity contribution in [1.82, 2.24) is 28.8 Å². The van der Waals surface area contributed by atoms with Crippen LogP contribution in [-0.4, -0.2) is 154 Å². The number of hydrogen-bond donors (Lipinski definition) is 1. The van der Waals surface area contributed by atoms with Crippen molar-refractivity contribution >= 4 is 43.8 Å². The summed E-state index contributed by atoms with van der Waals surface area (Å²) in [5, 5.41) is 3.26. The lowest BCUT2D eigenvalue weighted by Crippen LogP contribution is -2.39. The van der Waals surface area contributed by atoms with Crippen LogP contribution in [-0.2, 0) is 34.4 Å². The van der Waals surface area contributed by atoms with Gasteiger partial charge in [-0.3, -0.25) is 19.6 Å². The molecule has 2 aromatic carbocycles. The van der Waals surface area contributed by atoms with Gasteiger partial charge in [0.2, 0.25) is 26.0 Å². The topological polar surface area (TPSA) is 184 Å². The van der Waals surface area contributed by atoms with Crippen LogP contribution in [0.1, 0.15) is 80.0 Å². The normalized spacial score (nSPS) is 14.5. The van der Waals surface area contributed by atoms with Crippen LogP contribution >= 0.6 is 0 Å². The molecule has 17 nitrogen and oxygen atoms in total. The molecule has 1 amide bonds. The third-order valence-corrected chi connectivity index (χ3v) is 17.9. The van der Waals surface area contributed by atoms with Crippen molar-refractivity contribution in [3.05, 3.63) is 95.6 Å². The number of methoxy groups -OCH3 is 2. The fourth-order valence-corrected chi connectivity index (χ4v) is 12.7. The largest absolute Gasteiger partial charge is 0.497 e. The molecule has 0 radical (unpaired) electrons. The van der Waals surface area contributed by atoms with Crippen molar-refractivity contribution in [2.45, 2.75) is 95.3 Å². The summed E-state index contributed by atoms with van der Waals surface area (Å²) in [5.41, 5.74) is 5.18. The lowest BCUT2D eigenvalue weighted by Gasteiger charge is -2.35. The van der Waals surface area contributed by atoms with Gasteiger partial charge in [-0.1, -0.05) is 0 Å². The van der Waals surface area contributed by atoms with Gasteiger partial charge in [-0.2, -0.15) is 0 Å².